The minimum absolute atomic E-state index is 0.235. The molecule has 0 atom stereocenters. The molecule has 1 aliphatic rings. The van der Waals surface area contributed by atoms with Crippen molar-refractivity contribution in [3.05, 3.63) is 99.7 Å². The van der Waals surface area contributed by atoms with Crippen LogP contribution in [0, 0.1) is 0 Å². The van der Waals surface area contributed by atoms with Gasteiger partial charge in [-0.2, -0.15) is 0 Å². The average molecular weight is 464 g/mol. The second kappa shape index (κ2) is 8.97. The van der Waals surface area contributed by atoms with Gasteiger partial charge in [0, 0.05) is 10.0 Å². The fourth-order valence-electron chi connectivity index (χ4n) is 2.95. The van der Waals surface area contributed by atoms with Gasteiger partial charge < -0.3 is 14.2 Å². The zero-order chi connectivity index (χ0) is 20.9. The number of benzene rings is 3. The van der Waals surface area contributed by atoms with Gasteiger partial charge in [-0.3, -0.25) is 0 Å². The maximum atomic E-state index is 12.2. The minimum Gasteiger partial charge on any atom is -0.493 e. The molecule has 0 fully saturated rings. The van der Waals surface area contributed by atoms with Gasteiger partial charge in [-0.15, -0.1) is 0 Å². The molecule has 0 N–H and O–H groups in total. The van der Waals surface area contributed by atoms with Gasteiger partial charge in [-0.05, 0) is 53.6 Å². The second-order valence-electron chi connectivity index (χ2n) is 6.53. The molecule has 0 radical (unpaired) electrons. The lowest BCUT2D eigenvalue weighted by atomic mass is 10.1. The summed E-state index contributed by atoms with van der Waals surface area (Å²) >= 11 is 3.46. The molecule has 0 unspecified atom stereocenters. The van der Waals surface area contributed by atoms with Gasteiger partial charge in [-0.1, -0.05) is 52.3 Å². The molecule has 0 saturated heterocycles. The molecule has 6 heteroatoms. The Kier molecular flexibility index (Phi) is 5.95. The van der Waals surface area contributed by atoms with E-state index < -0.39 is 5.97 Å². The molecule has 3 aromatic rings. The molecule has 0 aliphatic carbocycles. The van der Waals surface area contributed by atoms with Crippen LogP contribution in [0.3, 0.4) is 0 Å². The van der Waals surface area contributed by atoms with E-state index in [0.717, 1.165) is 21.2 Å². The minimum atomic E-state index is -0.484. The molecular weight excluding hydrogens is 446 g/mol. The van der Waals surface area contributed by atoms with E-state index in [1.807, 2.05) is 66.7 Å². The molecule has 1 aliphatic heterocycles. The van der Waals surface area contributed by atoms with Gasteiger partial charge in [-0.25, -0.2) is 9.79 Å². The number of ether oxygens (including phenoxy) is 3. The maximum Gasteiger partial charge on any atom is 0.363 e. The second-order valence-corrected chi connectivity index (χ2v) is 7.45. The summed E-state index contributed by atoms with van der Waals surface area (Å²) in [5.41, 5.74) is 2.78. The Morgan fingerprint density at radius 1 is 1.00 bits per heavy atom. The number of nitrogens with zero attached hydrogens (tertiary/aromatic N) is 1. The lowest BCUT2D eigenvalue weighted by Gasteiger charge is -2.11. The van der Waals surface area contributed by atoms with Crippen LogP contribution < -0.4 is 9.47 Å². The number of hydrogen-bond donors (Lipinski definition) is 0. The van der Waals surface area contributed by atoms with E-state index in [1.54, 1.807) is 19.3 Å². The number of aliphatic imine (C=N–C) groups is 1. The number of cyclic esters (lactones) is 1. The van der Waals surface area contributed by atoms with Crippen molar-refractivity contribution in [2.24, 2.45) is 4.99 Å². The highest BCUT2D eigenvalue weighted by Gasteiger charge is 2.24. The molecule has 5 nitrogen and oxygen atoms in total. The van der Waals surface area contributed by atoms with Crippen LogP contribution in [-0.2, 0) is 16.1 Å². The van der Waals surface area contributed by atoms with Gasteiger partial charge in [0.1, 0.15) is 6.61 Å². The first kappa shape index (κ1) is 19.9. The van der Waals surface area contributed by atoms with Crippen molar-refractivity contribution in [3.63, 3.8) is 0 Å². The summed E-state index contributed by atoms with van der Waals surface area (Å²) in [6.45, 7) is 0.410. The predicted molar refractivity (Wildman–Crippen MR) is 119 cm³/mol. The number of rotatable bonds is 6. The quantitative estimate of drug-likeness (QED) is 0.363. The van der Waals surface area contributed by atoms with Gasteiger partial charge >= 0.3 is 5.97 Å². The van der Waals surface area contributed by atoms with Crippen LogP contribution in [0.5, 0.6) is 11.5 Å². The predicted octanol–water partition coefficient (Wildman–Crippen LogP) is 5.38. The summed E-state index contributed by atoms with van der Waals surface area (Å²) in [4.78, 5) is 16.5. The molecular formula is C24H18BrNO4. The summed E-state index contributed by atoms with van der Waals surface area (Å²) in [5, 5.41) is 0. The van der Waals surface area contributed by atoms with Crippen molar-refractivity contribution < 1.29 is 19.0 Å². The Labute approximate surface area is 182 Å². The van der Waals surface area contributed by atoms with Crippen molar-refractivity contribution in [3.8, 4) is 11.5 Å². The maximum absolute atomic E-state index is 12.2. The smallest absolute Gasteiger partial charge is 0.363 e. The van der Waals surface area contributed by atoms with E-state index in [2.05, 4.69) is 20.9 Å². The van der Waals surface area contributed by atoms with Gasteiger partial charge in [0.05, 0.1) is 7.11 Å². The van der Waals surface area contributed by atoms with Gasteiger partial charge in [0.25, 0.3) is 0 Å². The van der Waals surface area contributed by atoms with Crippen molar-refractivity contribution >= 4 is 33.9 Å². The molecule has 0 aromatic heterocycles. The number of hydrogen-bond acceptors (Lipinski definition) is 5. The highest BCUT2D eigenvalue weighted by molar-refractivity contribution is 9.10. The fraction of sp³-hybridized carbons (Fsp3) is 0.0833. The fourth-order valence-corrected chi connectivity index (χ4v) is 3.40. The van der Waals surface area contributed by atoms with Gasteiger partial charge in [0.15, 0.2) is 17.2 Å². The van der Waals surface area contributed by atoms with Crippen molar-refractivity contribution in [2.45, 2.75) is 6.61 Å². The summed E-state index contributed by atoms with van der Waals surface area (Å²) in [7, 11) is 1.58. The number of carbonyl (C=O) groups is 1. The lowest BCUT2D eigenvalue weighted by molar-refractivity contribution is -0.129. The molecule has 1 heterocycles. The third kappa shape index (κ3) is 4.60. The van der Waals surface area contributed by atoms with Crippen LogP contribution in [-0.4, -0.2) is 19.0 Å². The largest absolute Gasteiger partial charge is 0.493 e. The highest BCUT2D eigenvalue weighted by Crippen LogP contribution is 2.30. The van der Waals surface area contributed by atoms with Gasteiger partial charge in [0.2, 0.25) is 5.90 Å². The number of esters is 1. The Bertz CT molecular complexity index is 1140. The standard InChI is InChI=1S/C24H18BrNO4/c1-28-22-14-16(10-11-21(22)29-15-17-6-5-9-19(25)12-17)13-20-24(27)30-23(26-20)18-7-3-2-4-8-18/h2-14H,15H2,1H3/b20-13-. The normalized spacial score (nSPS) is 14.4. The molecule has 0 amide bonds. The lowest BCUT2D eigenvalue weighted by Crippen LogP contribution is -2.04. The molecule has 150 valence electrons. The van der Waals surface area contributed by atoms with E-state index >= 15 is 0 Å². The summed E-state index contributed by atoms with van der Waals surface area (Å²) in [5.74, 6) is 0.996. The zero-order valence-corrected chi connectivity index (χ0v) is 17.8. The third-order valence-corrected chi connectivity index (χ3v) is 4.91. The molecule has 3 aromatic carbocycles. The first-order chi connectivity index (χ1) is 14.6. The molecule has 0 saturated carbocycles. The number of methoxy groups -OCH3 is 1. The van der Waals surface area contributed by atoms with Crippen LogP contribution in [0.2, 0.25) is 0 Å². The topological polar surface area (TPSA) is 57.1 Å². The van der Waals surface area contributed by atoms with E-state index in [9.17, 15) is 4.79 Å². The number of halogens is 1. The Morgan fingerprint density at radius 3 is 2.60 bits per heavy atom. The van der Waals surface area contributed by atoms with E-state index in [4.69, 9.17) is 14.2 Å². The number of carbonyl (C=O) groups excluding carboxylic acids is 1. The van der Waals surface area contributed by atoms with Crippen molar-refractivity contribution in [1.29, 1.82) is 0 Å². The van der Waals surface area contributed by atoms with E-state index in [1.165, 1.54) is 0 Å². The van der Waals surface area contributed by atoms with E-state index in [-0.39, 0.29) is 5.70 Å². The first-order valence-corrected chi connectivity index (χ1v) is 10.0. The zero-order valence-electron chi connectivity index (χ0n) is 16.2. The van der Waals surface area contributed by atoms with E-state index in [0.29, 0.717) is 24.0 Å². The van der Waals surface area contributed by atoms with Crippen LogP contribution >= 0.6 is 15.9 Å². The highest BCUT2D eigenvalue weighted by atomic mass is 79.9. The Morgan fingerprint density at radius 2 is 1.83 bits per heavy atom. The summed E-state index contributed by atoms with van der Waals surface area (Å²) < 4.78 is 17.7. The Balaban J connectivity index is 1.54. The van der Waals surface area contributed by atoms with Crippen molar-refractivity contribution in [1.82, 2.24) is 0 Å². The monoisotopic (exact) mass is 463 g/mol. The Hall–Kier alpha value is -3.38. The SMILES string of the molecule is COc1cc(/C=C2\N=C(c3ccccc3)OC2=O)ccc1OCc1cccc(Br)c1. The third-order valence-electron chi connectivity index (χ3n) is 4.42. The van der Waals surface area contributed by atoms with Crippen molar-refractivity contribution in [2.75, 3.05) is 7.11 Å². The van der Waals surface area contributed by atoms with Crippen LogP contribution in [0.4, 0.5) is 0 Å². The average Bonchev–Trinajstić information content (AvgIpc) is 3.13. The molecule has 0 spiro atoms. The first-order valence-electron chi connectivity index (χ1n) is 9.25. The van der Waals surface area contributed by atoms with Crippen LogP contribution in [0.15, 0.2) is 88.0 Å². The molecule has 4 rings (SSSR count). The van der Waals surface area contributed by atoms with Crippen LogP contribution in [0.25, 0.3) is 6.08 Å². The summed E-state index contributed by atoms with van der Waals surface area (Å²) in [6.07, 6.45) is 1.67. The van der Waals surface area contributed by atoms with Crippen LogP contribution in [0.1, 0.15) is 16.7 Å². The molecule has 0 bridgehead atoms. The molecule has 30 heavy (non-hydrogen) atoms. The summed E-state index contributed by atoms with van der Waals surface area (Å²) in [6, 6.07) is 22.7.